The van der Waals surface area contributed by atoms with Crippen LogP contribution in [0.1, 0.15) is 19.3 Å². The third kappa shape index (κ3) is 1.93. The molecule has 0 aliphatic carbocycles. The van der Waals surface area contributed by atoms with Gasteiger partial charge in [-0.1, -0.05) is 11.6 Å². The maximum Gasteiger partial charge on any atom is 0.150 e. The van der Waals surface area contributed by atoms with Crippen LogP contribution in [-0.2, 0) is 0 Å². The Morgan fingerprint density at radius 3 is 3.12 bits per heavy atom. The van der Waals surface area contributed by atoms with Crippen molar-refractivity contribution in [2.24, 2.45) is 0 Å². The van der Waals surface area contributed by atoms with Crippen molar-refractivity contribution in [3.8, 4) is 0 Å². The first-order chi connectivity index (χ1) is 8.25. The molecule has 2 atom stereocenters. The summed E-state index contributed by atoms with van der Waals surface area (Å²) in [5, 5.41) is 3.85. The van der Waals surface area contributed by atoms with E-state index in [4.69, 9.17) is 17.3 Å². The molecule has 6 heteroatoms. The standard InChI is InChI=1S/C11H16ClN5/c12-9-10(13)14-6-15-11(9)16-7-3-5-17-4-1-2-8(7)17/h6-8H,1-5H2,(H3,13,14,15,16). The van der Waals surface area contributed by atoms with Crippen LogP contribution in [-0.4, -0.2) is 40.0 Å². The molecule has 0 bridgehead atoms. The molecule has 0 radical (unpaired) electrons. The Bertz CT molecular complexity index is 424. The summed E-state index contributed by atoms with van der Waals surface area (Å²) in [7, 11) is 0. The van der Waals surface area contributed by atoms with Crippen LogP contribution in [0, 0.1) is 0 Å². The Hall–Kier alpha value is -1.07. The minimum Gasteiger partial charge on any atom is -0.382 e. The SMILES string of the molecule is Nc1ncnc(NC2CCN3CCCC23)c1Cl. The number of hydrogen-bond acceptors (Lipinski definition) is 5. The first-order valence-corrected chi connectivity index (χ1v) is 6.40. The van der Waals surface area contributed by atoms with Crippen LogP contribution in [0.3, 0.4) is 0 Å². The van der Waals surface area contributed by atoms with Gasteiger partial charge in [0.25, 0.3) is 0 Å². The van der Waals surface area contributed by atoms with Crippen LogP contribution in [0.4, 0.5) is 11.6 Å². The second-order valence-electron chi connectivity index (χ2n) is 4.71. The normalized spacial score (nSPS) is 28.3. The van der Waals surface area contributed by atoms with Crippen molar-refractivity contribution < 1.29 is 0 Å². The minimum atomic E-state index is 0.338. The van der Waals surface area contributed by atoms with E-state index in [0.717, 1.165) is 6.42 Å². The lowest BCUT2D eigenvalue weighted by atomic mass is 10.1. The minimum absolute atomic E-state index is 0.338. The smallest absolute Gasteiger partial charge is 0.150 e. The van der Waals surface area contributed by atoms with Crippen molar-refractivity contribution in [3.63, 3.8) is 0 Å². The summed E-state index contributed by atoms with van der Waals surface area (Å²) < 4.78 is 0. The zero-order valence-electron chi connectivity index (χ0n) is 9.56. The van der Waals surface area contributed by atoms with E-state index >= 15 is 0 Å². The largest absolute Gasteiger partial charge is 0.382 e. The summed E-state index contributed by atoms with van der Waals surface area (Å²) >= 11 is 6.09. The van der Waals surface area contributed by atoms with Crippen molar-refractivity contribution in [3.05, 3.63) is 11.3 Å². The quantitative estimate of drug-likeness (QED) is 0.833. The fourth-order valence-corrected chi connectivity index (χ4v) is 3.06. The molecule has 17 heavy (non-hydrogen) atoms. The Balaban J connectivity index is 1.76. The van der Waals surface area contributed by atoms with Crippen LogP contribution < -0.4 is 11.1 Å². The molecule has 0 spiro atoms. The van der Waals surface area contributed by atoms with E-state index in [9.17, 15) is 0 Å². The molecule has 3 heterocycles. The first kappa shape index (κ1) is 11.0. The molecule has 0 aromatic carbocycles. The van der Waals surface area contributed by atoms with E-state index in [1.165, 1.54) is 32.3 Å². The number of anilines is 2. The average Bonchev–Trinajstić information content (AvgIpc) is 2.89. The number of nitrogens with one attached hydrogen (secondary N) is 1. The van der Waals surface area contributed by atoms with E-state index in [1.54, 1.807) is 0 Å². The third-order valence-electron chi connectivity index (χ3n) is 3.74. The lowest BCUT2D eigenvalue weighted by Gasteiger charge is -2.22. The zero-order chi connectivity index (χ0) is 11.8. The van der Waals surface area contributed by atoms with Gasteiger partial charge in [0.1, 0.15) is 17.2 Å². The molecule has 2 fully saturated rings. The molecular weight excluding hydrogens is 238 g/mol. The number of nitrogens with zero attached hydrogens (tertiary/aromatic N) is 3. The first-order valence-electron chi connectivity index (χ1n) is 6.02. The molecule has 2 saturated heterocycles. The Labute approximate surface area is 105 Å². The number of halogens is 1. The maximum atomic E-state index is 6.09. The zero-order valence-corrected chi connectivity index (χ0v) is 10.3. The average molecular weight is 254 g/mol. The third-order valence-corrected chi connectivity index (χ3v) is 4.12. The molecule has 1 aromatic heterocycles. The molecule has 0 amide bonds. The van der Waals surface area contributed by atoms with Crippen molar-refractivity contribution in [2.75, 3.05) is 24.1 Å². The fourth-order valence-electron chi connectivity index (χ4n) is 2.91. The molecule has 5 nitrogen and oxygen atoms in total. The van der Waals surface area contributed by atoms with Crippen molar-refractivity contribution >= 4 is 23.2 Å². The van der Waals surface area contributed by atoms with Gasteiger partial charge in [-0.15, -0.1) is 0 Å². The maximum absolute atomic E-state index is 6.09. The number of aromatic nitrogens is 2. The highest BCUT2D eigenvalue weighted by Crippen LogP contribution is 2.32. The number of nitrogens with two attached hydrogens (primary N) is 1. The van der Waals surface area contributed by atoms with Crippen LogP contribution >= 0.6 is 11.6 Å². The Morgan fingerprint density at radius 1 is 1.35 bits per heavy atom. The van der Waals surface area contributed by atoms with Gasteiger partial charge in [-0.25, -0.2) is 9.97 Å². The topological polar surface area (TPSA) is 67.1 Å². The van der Waals surface area contributed by atoms with Crippen LogP contribution in [0.25, 0.3) is 0 Å². The van der Waals surface area contributed by atoms with Gasteiger partial charge < -0.3 is 11.1 Å². The summed E-state index contributed by atoms with van der Waals surface area (Å²) in [5.41, 5.74) is 5.67. The number of rotatable bonds is 2. The second kappa shape index (κ2) is 4.31. The summed E-state index contributed by atoms with van der Waals surface area (Å²) in [6.45, 7) is 2.39. The van der Waals surface area contributed by atoms with Crippen LogP contribution in [0.5, 0.6) is 0 Å². The molecule has 2 unspecified atom stereocenters. The van der Waals surface area contributed by atoms with Gasteiger partial charge >= 0.3 is 0 Å². The molecule has 92 valence electrons. The van der Waals surface area contributed by atoms with Gasteiger partial charge in [0.05, 0.1) is 0 Å². The van der Waals surface area contributed by atoms with Gasteiger partial charge in [0.15, 0.2) is 5.82 Å². The number of fused-ring (bicyclic) bond motifs is 1. The lowest BCUT2D eigenvalue weighted by Crippen LogP contribution is -2.34. The van der Waals surface area contributed by atoms with Crippen molar-refractivity contribution in [1.82, 2.24) is 14.9 Å². The predicted molar refractivity (Wildman–Crippen MR) is 68.1 cm³/mol. The summed E-state index contributed by atoms with van der Waals surface area (Å²) in [5.74, 6) is 1.00. The van der Waals surface area contributed by atoms with Gasteiger partial charge in [0, 0.05) is 18.6 Å². The van der Waals surface area contributed by atoms with Crippen LogP contribution in [0.15, 0.2) is 6.33 Å². The van der Waals surface area contributed by atoms with Crippen molar-refractivity contribution in [2.45, 2.75) is 31.3 Å². The van der Waals surface area contributed by atoms with E-state index in [-0.39, 0.29) is 0 Å². The highest BCUT2D eigenvalue weighted by molar-refractivity contribution is 6.35. The fraction of sp³-hybridized carbons (Fsp3) is 0.636. The number of hydrogen-bond donors (Lipinski definition) is 2. The highest BCUT2D eigenvalue weighted by Gasteiger charge is 2.37. The molecule has 1 aromatic rings. The Morgan fingerprint density at radius 2 is 2.24 bits per heavy atom. The van der Waals surface area contributed by atoms with Gasteiger partial charge in [0.2, 0.25) is 0 Å². The van der Waals surface area contributed by atoms with Gasteiger partial charge in [-0.2, -0.15) is 0 Å². The molecule has 2 aliphatic rings. The van der Waals surface area contributed by atoms with E-state index in [2.05, 4.69) is 20.2 Å². The predicted octanol–water partition coefficient (Wildman–Crippen LogP) is 1.36. The molecule has 3 rings (SSSR count). The summed E-state index contributed by atoms with van der Waals surface area (Å²) in [4.78, 5) is 10.6. The lowest BCUT2D eigenvalue weighted by molar-refractivity contribution is 0.318. The van der Waals surface area contributed by atoms with Gasteiger partial charge in [-0.3, -0.25) is 4.90 Å². The van der Waals surface area contributed by atoms with Crippen molar-refractivity contribution in [1.29, 1.82) is 0 Å². The number of nitrogen functional groups attached to an aromatic ring is 1. The van der Waals surface area contributed by atoms with E-state index in [1.807, 2.05) is 0 Å². The highest BCUT2D eigenvalue weighted by atomic mass is 35.5. The molecule has 2 aliphatic heterocycles. The summed E-state index contributed by atoms with van der Waals surface area (Å²) in [6, 6.07) is 1.06. The molecule has 3 N–H and O–H groups in total. The van der Waals surface area contributed by atoms with E-state index < -0.39 is 0 Å². The monoisotopic (exact) mass is 253 g/mol. The molecule has 0 saturated carbocycles. The molecular formula is C11H16ClN5. The van der Waals surface area contributed by atoms with Gasteiger partial charge in [-0.05, 0) is 25.8 Å². The summed E-state index contributed by atoms with van der Waals surface area (Å²) in [6.07, 6.45) is 5.15. The van der Waals surface area contributed by atoms with E-state index in [0.29, 0.717) is 28.7 Å². The van der Waals surface area contributed by atoms with Crippen LogP contribution in [0.2, 0.25) is 5.02 Å². The second-order valence-corrected chi connectivity index (χ2v) is 5.08. The Kier molecular flexibility index (Phi) is 2.80.